The molecular formula is C13H17ClN2. The van der Waals surface area contributed by atoms with E-state index in [-0.39, 0.29) is 5.41 Å². The molecule has 0 amide bonds. The van der Waals surface area contributed by atoms with Crippen molar-refractivity contribution in [3.8, 4) is 0 Å². The number of benzene rings is 1. The summed E-state index contributed by atoms with van der Waals surface area (Å²) in [6, 6.07) is 2.06. The van der Waals surface area contributed by atoms with Gasteiger partial charge in [-0.15, -0.1) is 0 Å². The van der Waals surface area contributed by atoms with Gasteiger partial charge >= 0.3 is 0 Å². The average molecular weight is 237 g/mol. The molecule has 0 atom stereocenters. The van der Waals surface area contributed by atoms with Crippen LogP contribution in [0.1, 0.15) is 37.6 Å². The van der Waals surface area contributed by atoms with E-state index < -0.39 is 0 Å². The lowest BCUT2D eigenvalue weighted by molar-refractivity contribution is 0.595. The molecule has 1 aromatic heterocycles. The van der Waals surface area contributed by atoms with Gasteiger partial charge in [0.05, 0.1) is 11.2 Å². The molecule has 2 aromatic rings. The number of nitrogens with zero attached hydrogens (tertiary/aromatic N) is 1. The van der Waals surface area contributed by atoms with E-state index >= 15 is 0 Å². The van der Waals surface area contributed by atoms with Crippen molar-refractivity contribution in [3.05, 3.63) is 27.9 Å². The molecule has 0 saturated heterocycles. The second-order valence-electron chi connectivity index (χ2n) is 5.36. The summed E-state index contributed by atoms with van der Waals surface area (Å²) in [5, 5.41) is 9.36. The molecule has 2 rings (SSSR count). The number of H-pyrrole nitrogens is 1. The van der Waals surface area contributed by atoms with Gasteiger partial charge in [0, 0.05) is 10.4 Å². The summed E-state index contributed by atoms with van der Waals surface area (Å²) in [7, 11) is 0. The number of hydrogen-bond donors (Lipinski definition) is 1. The zero-order valence-electron chi connectivity index (χ0n) is 10.4. The predicted molar refractivity (Wildman–Crippen MR) is 69.3 cm³/mol. The number of halogens is 1. The third-order valence-corrected chi connectivity index (χ3v) is 3.39. The quantitative estimate of drug-likeness (QED) is 0.732. The van der Waals surface area contributed by atoms with Gasteiger partial charge in [-0.1, -0.05) is 32.4 Å². The summed E-state index contributed by atoms with van der Waals surface area (Å²) in [6.45, 7) is 10.6. The van der Waals surface area contributed by atoms with Crippen molar-refractivity contribution in [3.63, 3.8) is 0 Å². The van der Waals surface area contributed by atoms with E-state index in [9.17, 15) is 0 Å². The minimum absolute atomic E-state index is 0.0238. The van der Waals surface area contributed by atoms with Crippen molar-refractivity contribution in [2.45, 2.75) is 40.0 Å². The molecule has 0 saturated carbocycles. The first kappa shape index (κ1) is 11.5. The third-order valence-electron chi connectivity index (χ3n) is 2.90. The smallest absolute Gasteiger partial charge is 0.0673 e. The Morgan fingerprint density at radius 1 is 1.25 bits per heavy atom. The van der Waals surface area contributed by atoms with Gasteiger partial charge in [0.25, 0.3) is 0 Å². The maximum absolute atomic E-state index is 6.44. The highest BCUT2D eigenvalue weighted by Crippen LogP contribution is 2.38. The molecule has 0 unspecified atom stereocenters. The SMILES string of the molecule is Cc1cc2[nH]nc(C)c2c(C(C)(C)C)c1Cl. The van der Waals surface area contributed by atoms with E-state index in [0.29, 0.717) is 0 Å². The Kier molecular flexibility index (Phi) is 2.50. The molecule has 0 bridgehead atoms. The summed E-state index contributed by atoms with van der Waals surface area (Å²) in [4.78, 5) is 0. The van der Waals surface area contributed by atoms with Crippen molar-refractivity contribution < 1.29 is 0 Å². The first-order valence-electron chi connectivity index (χ1n) is 5.46. The highest BCUT2D eigenvalue weighted by Gasteiger charge is 2.23. The Bertz CT molecular complexity index is 547. The van der Waals surface area contributed by atoms with Crippen LogP contribution in [0.2, 0.25) is 5.02 Å². The summed E-state index contributed by atoms with van der Waals surface area (Å²) in [6.07, 6.45) is 0. The van der Waals surface area contributed by atoms with Crippen LogP contribution in [0, 0.1) is 13.8 Å². The lowest BCUT2D eigenvalue weighted by Crippen LogP contribution is -2.13. The molecule has 0 aliphatic carbocycles. The molecule has 0 aliphatic rings. The Labute approximate surface area is 101 Å². The van der Waals surface area contributed by atoms with Crippen LogP contribution in [-0.2, 0) is 5.41 Å². The normalized spacial score (nSPS) is 12.4. The molecule has 0 aliphatic heterocycles. The monoisotopic (exact) mass is 236 g/mol. The van der Waals surface area contributed by atoms with E-state index in [1.165, 1.54) is 10.9 Å². The molecule has 0 spiro atoms. The van der Waals surface area contributed by atoms with Crippen LogP contribution in [0.15, 0.2) is 6.07 Å². The lowest BCUT2D eigenvalue weighted by Gasteiger charge is -2.23. The minimum atomic E-state index is 0.0238. The predicted octanol–water partition coefficient (Wildman–Crippen LogP) is 4.13. The van der Waals surface area contributed by atoms with Crippen LogP contribution in [0.4, 0.5) is 0 Å². The van der Waals surface area contributed by atoms with E-state index in [2.05, 4.69) is 37.0 Å². The van der Waals surface area contributed by atoms with Gasteiger partial charge in [-0.05, 0) is 36.5 Å². The van der Waals surface area contributed by atoms with Gasteiger partial charge in [-0.25, -0.2) is 0 Å². The van der Waals surface area contributed by atoms with Crippen molar-refractivity contribution in [2.24, 2.45) is 0 Å². The molecule has 0 fully saturated rings. The molecule has 3 heteroatoms. The largest absolute Gasteiger partial charge is 0.278 e. The summed E-state index contributed by atoms with van der Waals surface area (Å²) in [5.74, 6) is 0. The molecule has 16 heavy (non-hydrogen) atoms. The standard InChI is InChI=1S/C13H17ClN2/c1-7-6-9-10(8(2)15-16-9)11(12(7)14)13(3,4)5/h6H,1-5H3,(H,15,16). The topological polar surface area (TPSA) is 28.7 Å². The Balaban J connectivity index is 2.97. The van der Waals surface area contributed by atoms with E-state index in [4.69, 9.17) is 11.6 Å². The number of hydrogen-bond acceptors (Lipinski definition) is 1. The van der Waals surface area contributed by atoms with Crippen LogP contribution < -0.4 is 0 Å². The zero-order chi connectivity index (χ0) is 12.1. The van der Waals surface area contributed by atoms with Gasteiger partial charge in [-0.2, -0.15) is 5.10 Å². The van der Waals surface area contributed by atoms with Crippen molar-refractivity contribution >= 4 is 22.5 Å². The van der Waals surface area contributed by atoms with Crippen molar-refractivity contribution in [1.82, 2.24) is 10.2 Å². The first-order chi connectivity index (χ1) is 7.32. The van der Waals surface area contributed by atoms with E-state index in [1.54, 1.807) is 0 Å². The Morgan fingerprint density at radius 3 is 2.44 bits per heavy atom. The second kappa shape index (κ2) is 3.49. The summed E-state index contributed by atoms with van der Waals surface area (Å²) >= 11 is 6.44. The highest BCUT2D eigenvalue weighted by molar-refractivity contribution is 6.33. The molecule has 0 radical (unpaired) electrons. The van der Waals surface area contributed by atoms with Gasteiger partial charge in [-0.3, -0.25) is 5.10 Å². The number of aryl methyl sites for hydroxylation is 2. The van der Waals surface area contributed by atoms with Crippen LogP contribution in [0.25, 0.3) is 10.9 Å². The maximum Gasteiger partial charge on any atom is 0.0673 e. The molecular weight excluding hydrogens is 220 g/mol. The van der Waals surface area contributed by atoms with E-state index in [0.717, 1.165) is 21.8 Å². The second-order valence-corrected chi connectivity index (χ2v) is 5.74. The number of nitrogens with one attached hydrogen (secondary N) is 1. The minimum Gasteiger partial charge on any atom is -0.278 e. The number of fused-ring (bicyclic) bond motifs is 1. The molecule has 1 aromatic carbocycles. The fourth-order valence-corrected chi connectivity index (χ4v) is 2.59. The first-order valence-corrected chi connectivity index (χ1v) is 5.84. The molecule has 1 heterocycles. The van der Waals surface area contributed by atoms with Gasteiger partial charge in [0.15, 0.2) is 0 Å². The Morgan fingerprint density at radius 2 is 1.88 bits per heavy atom. The third kappa shape index (κ3) is 1.61. The fraction of sp³-hybridized carbons (Fsp3) is 0.462. The van der Waals surface area contributed by atoms with Crippen LogP contribution >= 0.6 is 11.6 Å². The molecule has 1 N–H and O–H groups in total. The zero-order valence-corrected chi connectivity index (χ0v) is 11.2. The summed E-state index contributed by atoms with van der Waals surface area (Å²) < 4.78 is 0. The van der Waals surface area contributed by atoms with Crippen molar-refractivity contribution in [2.75, 3.05) is 0 Å². The van der Waals surface area contributed by atoms with Gasteiger partial charge < -0.3 is 0 Å². The Hall–Kier alpha value is -1.02. The maximum atomic E-state index is 6.44. The summed E-state index contributed by atoms with van der Waals surface area (Å²) in [5.41, 5.74) is 4.40. The van der Waals surface area contributed by atoms with Gasteiger partial charge in [0.2, 0.25) is 0 Å². The average Bonchev–Trinajstić information content (AvgIpc) is 2.47. The molecule has 2 nitrogen and oxygen atoms in total. The lowest BCUT2D eigenvalue weighted by atomic mass is 9.83. The van der Waals surface area contributed by atoms with Crippen LogP contribution in [0.3, 0.4) is 0 Å². The molecule has 86 valence electrons. The van der Waals surface area contributed by atoms with Crippen LogP contribution in [-0.4, -0.2) is 10.2 Å². The van der Waals surface area contributed by atoms with Gasteiger partial charge in [0.1, 0.15) is 0 Å². The van der Waals surface area contributed by atoms with Crippen molar-refractivity contribution in [1.29, 1.82) is 0 Å². The number of rotatable bonds is 0. The highest BCUT2D eigenvalue weighted by atomic mass is 35.5. The fourth-order valence-electron chi connectivity index (χ4n) is 2.16. The number of aromatic nitrogens is 2. The number of aromatic amines is 1. The van der Waals surface area contributed by atoms with Crippen LogP contribution in [0.5, 0.6) is 0 Å². The van der Waals surface area contributed by atoms with E-state index in [1.807, 2.05) is 13.8 Å².